The van der Waals surface area contributed by atoms with E-state index in [0.29, 0.717) is 32.3 Å². The fraction of sp³-hybridized carbons (Fsp3) is 0.381. The molecule has 0 radical (unpaired) electrons. The zero-order chi connectivity index (χ0) is 18.0. The Morgan fingerprint density at radius 3 is 2.74 bits per heavy atom. The minimum Gasteiger partial charge on any atom is -0.491 e. The summed E-state index contributed by atoms with van der Waals surface area (Å²) in [6.45, 7) is 2.53. The molecular formula is C21H27ClN2O3. The SMILES string of the molecule is Cl.O=C(CC1CCCN1)Nc1cccc(COCCOc2ccccc2)c1. The van der Waals surface area contributed by atoms with Gasteiger partial charge >= 0.3 is 0 Å². The molecule has 1 aliphatic rings. The molecule has 0 aromatic heterocycles. The lowest BCUT2D eigenvalue weighted by Crippen LogP contribution is -2.27. The van der Waals surface area contributed by atoms with Gasteiger partial charge in [0.1, 0.15) is 12.4 Å². The summed E-state index contributed by atoms with van der Waals surface area (Å²) < 4.78 is 11.3. The standard InChI is InChI=1S/C21H26N2O3.ClH/c24-21(15-18-8-5-11-22-18)23-19-7-4-6-17(14-19)16-25-12-13-26-20-9-2-1-3-10-20;/h1-4,6-7,9-10,14,18,22H,5,8,11-13,15-16H2,(H,23,24);1H. The van der Waals surface area contributed by atoms with Crippen molar-refractivity contribution in [2.24, 2.45) is 0 Å². The third-order valence-corrected chi connectivity index (χ3v) is 4.31. The van der Waals surface area contributed by atoms with Crippen LogP contribution in [-0.4, -0.2) is 31.7 Å². The lowest BCUT2D eigenvalue weighted by atomic mass is 10.1. The first-order valence-corrected chi connectivity index (χ1v) is 9.17. The highest BCUT2D eigenvalue weighted by molar-refractivity contribution is 5.91. The number of amides is 1. The molecule has 6 heteroatoms. The van der Waals surface area contributed by atoms with E-state index in [1.165, 1.54) is 0 Å². The number of carbonyl (C=O) groups excluding carboxylic acids is 1. The van der Waals surface area contributed by atoms with Gasteiger partial charge in [-0.1, -0.05) is 30.3 Å². The Hall–Kier alpha value is -2.08. The maximum absolute atomic E-state index is 12.1. The predicted octanol–water partition coefficient (Wildman–Crippen LogP) is 3.78. The van der Waals surface area contributed by atoms with Gasteiger partial charge in [-0.3, -0.25) is 4.79 Å². The molecule has 1 fully saturated rings. The largest absolute Gasteiger partial charge is 0.491 e. The molecule has 1 unspecified atom stereocenters. The lowest BCUT2D eigenvalue weighted by Gasteiger charge is -2.11. The Balaban J connectivity index is 0.00000261. The Morgan fingerprint density at radius 1 is 1.11 bits per heavy atom. The van der Waals surface area contributed by atoms with Crippen LogP contribution in [0.5, 0.6) is 5.75 Å². The van der Waals surface area contributed by atoms with Crippen LogP contribution in [0.25, 0.3) is 0 Å². The van der Waals surface area contributed by atoms with Crippen LogP contribution in [0.4, 0.5) is 5.69 Å². The van der Waals surface area contributed by atoms with Crippen molar-refractivity contribution >= 4 is 24.0 Å². The summed E-state index contributed by atoms with van der Waals surface area (Å²) in [7, 11) is 0. The molecule has 1 atom stereocenters. The zero-order valence-corrected chi connectivity index (χ0v) is 16.2. The first-order chi connectivity index (χ1) is 12.8. The van der Waals surface area contributed by atoms with Gasteiger partial charge in [0.25, 0.3) is 0 Å². The van der Waals surface area contributed by atoms with E-state index in [9.17, 15) is 4.79 Å². The summed E-state index contributed by atoms with van der Waals surface area (Å²) >= 11 is 0. The highest BCUT2D eigenvalue weighted by Crippen LogP contribution is 2.14. The Morgan fingerprint density at radius 2 is 1.96 bits per heavy atom. The van der Waals surface area contributed by atoms with Crippen molar-refractivity contribution in [2.75, 3.05) is 25.1 Å². The van der Waals surface area contributed by atoms with Gasteiger partial charge in [-0.15, -0.1) is 12.4 Å². The van der Waals surface area contributed by atoms with E-state index in [-0.39, 0.29) is 18.3 Å². The molecule has 27 heavy (non-hydrogen) atoms. The van der Waals surface area contributed by atoms with Gasteiger partial charge in [-0.2, -0.15) is 0 Å². The average Bonchev–Trinajstić information content (AvgIpc) is 3.15. The summed E-state index contributed by atoms with van der Waals surface area (Å²) in [5.41, 5.74) is 1.84. The van der Waals surface area contributed by atoms with Crippen molar-refractivity contribution in [1.29, 1.82) is 0 Å². The molecule has 0 spiro atoms. The van der Waals surface area contributed by atoms with E-state index in [1.54, 1.807) is 0 Å². The molecule has 146 valence electrons. The highest BCUT2D eigenvalue weighted by Gasteiger charge is 2.17. The molecule has 2 N–H and O–H groups in total. The highest BCUT2D eigenvalue weighted by atomic mass is 35.5. The quantitative estimate of drug-likeness (QED) is 0.639. The number of ether oxygens (including phenoxy) is 2. The summed E-state index contributed by atoms with van der Waals surface area (Å²) in [5, 5.41) is 6.32. The van der Waals surface area contributed by atoms with Crippen LogP contribution in [0, 0.1) is 0 Å². The van der Waals surface area contributed by atoms with Gasteiger partial charge in [-0.05, 0) is 49.2 Å². The van der Waals surface area contributed by atoms with Crippen molar-refractivity contribution in [3.8, 4) is 5.75 Å². The van der Waals surface area contributed by atoms with Gasteiger partial charge < -0.3 is 20.1 Å². The Labute approximate surface area is 166 Å². The molecule has 1 amide bonds. The number of halogens is 1. The molecule has 1 saturated heterocycles. The number of hydrogen-bond donors (Lipinski definition) is 2. The van der Waals surface area contributed by atoms with E-state index < -0.39 is 0 Å². The van der Waals surface area contributed by atoms with Crippen LogP contribution in [-0.2, 0) is 16.1 Å². The summed E-state index contributed by atoms with van der Waals surface area (Å²) in [6, 6.07) is 17.8. The van der Waals surface area contributed by atoms with Crippen molar-refractivity contribution in [3.63, 3.8) is 0 Å². The molecule has 2 aromatic rings. The Kier molecular flexibility index (Phi) is 9.11. The van der Waals surface area contributed by atoms with Crippen LogP contribution < -0.4 is 15.4 Å². The maximum atomic E-state index is 12.1. The van der Waals surface area contributed by atoms with Crippen molar-refractivity contribution in [2.45, 2.75) is 31.9 Å². The minimum atomic E-state index is 0. The molecule has 0 saturated carbocycles. The van der Waals surface area contributed by atoms with Crippen LogP contribution in [0.1, 0.15) is 24.8 Å². The van der Waals surface area contributed by atoms with E-state index in [1.807, 2.05) is 54.6 Å². The molecule has 5 nitrogen and oxygen atoms in total. The molecule has 3 rings (SSSR count). The van der Waals surface area contributed by atoms with Gasteiger partial charge in [0, 0.05) is 18.2 Å². The number of rotatable bonds is 9. The van der Waals surface area contributed by atoms with Crippen LogP contribution >= 0.6 is 12.4 Å². The van der Waals surface area contributed by atoms with E-state index in [2.05, 4.69) is 10.6 Å². The van der Waals surface area contributed by atoms with E-state index in [0.717, 1.165) is 36.4 Å². The van der Waals surface area contributed by atoms with Crippen molar-refractivity contribution in [3.05, 3.63) is 60.2 Å². The predicted molar refractivity (Wildman–Crippen MR) is 110 cm³/mol. The summed E-state index contributed by atoms with van der Waals surface area (Å²) in [5.74, 6) is 0.899. The third-order valence-electron chi connectivity index (χ3n) is 4.31. The van der Waals surface area contributed by atoms with E-state index >= 15 is 0 Å². The number of carbonyl (C=O) groups is 1. The van der Waals surface area contributed by atoms with E-state index in [4.69, 9.17) is 9.47 Å². The normalized spacial score (nSPS) is 15.8. The van der Waals surface area contributed by atoms with Gasteiger partial charge in [0.05, 0.1) is 13.2 Å². The molecule has 0 aliphatic carbocycles. The number of hydrogen-bond acceptors (Lipinski definition) is 4. The monoisotopic (exact) mass is 390 g/mol. The molecule has 1 heterocycles. The van der Waals surface area contributed by atoms with Crippen molar-refractivity contribution in [1.82, 2.24) is 5.32 Å². The van der Waals surface area contributed by atoms with Crippen LogP contribution in [0.3, 0.4) is 0 Å². The smallest absolute Gasteiger partial charge is 0.225 e. The maximum Gasteiger partial charge on any atom is 0.225 e. The fourth-order valence-corrected chi connectivity index (χ4v) is 3.03. The first-order valence-electron chi connectivity index (χ1n) is 9.17. The summed E-state index contributed by atoms with van der Waals surface area (Å²) in [6.07, 6.45) is 2.75. The summed E-state index contributed by atoms with van der Waals surface area (Å²) in [4.78, 5) is 12.1. The average molecular weight is 391 g/mol. The Bertz CT molecular complexity index is 691. The second-order valence-electron chi connectivity index (χ2n) is 6.46. The molecule has 0 bridgehead atoms. The topological polar surface area (TPSA) is 59.6 Å². The zero-order valence-electron chi connectivity index (χ0n) is 15.4. The van der Waals surface area contributed by atoms with Gasteiger partial charge in [0.2, 0.25) is 5.91 Å². The van der Waals surface area contributed by atoms with Gasteiger partial charge in [0.15, 0.2) is 0 Å². The number of anilines is 1. The second kappa shape index (κ2) is 11.6. The van der Waals surface area contributed by atoms with Crippen molar-refractivity contribution < 1.29 is 14.3 Å². The molecule has 2 aromatic carbocycles. The minimum absolute atomic E-state index is 0. The first kappa shape index (κ1) is 21.2. The number of benzene rings is 2. The second-order valence-corrected chi connectivity index (χ2v) is 6.46. The van der Waals surface area contributed by atoms with Crippen LogP contribution in [0.15, 0.2) is 54.6 Å². The molecule has 1 aliphatic heterocycles. The lowest BCUT2D eigenvalue weighted by molar-refractivity contribution is -0.116. The fourth-order valence-electron chi connectivity index (χ4n) is 3.03. The number of para-hydroxylation sites is 1. The number of nitrogens with one attached hydrogen (secondary N) is 2. The third kappa shape index (κ3) is 7.59. The van der Waals surface area contributed by atoms with Gasteiger partial charge in [-0.25, -0.2) is 0 Å². The molecular weight excluding hydrogens is 364 g/mol. The van der Waals surface area contributed by atoms with Crippen LogP contribution in [0.2, 0.25) is 0 Å².